The highest BCUT2D eigenvalue weighted by Gasteiger charge is 2.75. The highest BCUT2D eigenvalue weighted by Crippen LogP contribution is 2.51. The lowest BCUT2D eigenvalue weighted by Crippen LogP contribution is -2.52. The van der Waals surface area contributed by atoms with Crippen molar-refractivity contribution < 1.29 is 49.9 Å². The molecule has 1 aliphatic rings. The number of nitrogens with two attached hydrogens (primary N) is 1. The van der Waals surface area contributed by atoms with E-state index < -0.39 is 65.1 Å². The smallest absolute Gasteiger partial charge is 0.444 e. The summed E-state index contributed by atoms with van der Waals surface area (Å²) in [5, 5.41) is 7.61. The lowest BCUT2D eigenvalue weighted by Gasteiger charge is -2.36. The van der Waals surface area contributed by atoms with E-state index >= 15 is 0 Å². The summed E-state index contributed by atoms with van der Waals surface area (Å²) < 4.78 is 99.7. The molecule has 0 radical (unpaired) electrons. The molecule has 1 fully saturated rings. The minimum Gasteiger partial charge on any atom is -0.444 e. The average molecular weight is 794 g/mol. The Kier molecular flexibility index (Phi) is 11.8. The van der Waals surface area contributed by atoms with Gasteiger partial charge in [-0.1, -0.05) is 28.1 Å². The number of halogens is 8. The van der Waals surface area contributed by atoms with E-state index in [1.807, 2.05) is 0 Å². The largest absolute Gasteiger partial charge is 0.460 e. The quantitative estimate of drug-likeness (QED) is 0.174. The maximum Gasteiger partial charge on any atom is 0.460 e. The number of nitrogens with zero attached hydrogens (tertiary/aromatic N) is 3. The molecular formula is C33H36BrF7N6O4. The molecule has 4 N–H and O–H groups in total. The van der Waals surface area contributed by atoms with Gasteiger partial charge in [0, 0.05) is 34.6 Å². The standard InChI is InChI=1S/C33H36BrF7N6O4/c1-30(2,3)51-29(50)43-17-19-4-8-21(9-5-19)27(49)47(24(25(42)48)16-18-6-12-22(34)13-7-18)23-14-10-20(11-15-23)26-44-28(46-45-26)31(35,36)32(37,38)33(39,40)41/h6-7,10-15,19,21,24H,4-5,8-9,16-17H2,1-3H3,(H2,42,48)(H,43,50)(H,44,45,46)/t19?,21?,24-/m0/s1. The van der Waals surface area contributed by atoms with E-state index in [1.165, 1.54) is 34.3 Å². The average Bonchev–Trinajstić information content (AvgIpc) is 3.55. The lowest BCUT2D eigenvalue weighted by atomic mass is 9.81. The molecule has 0 bridgehead atoms. The van der Waals surface area contributed by atoms with Gasteiger partial charge < -0.3 is 15.8 Å². The number of alkyl carbamates (subject to hydrolysis) is 1. The molecule has 1 heterocycles. The number of aromatic amines is 1. The number of nitrogens with one attached hydrogen (secondary N) is 2. The first-order valence-corrected chi connectivity index (χ1v) is 16.6. The minimum atomic E-state index is -6.56. The number of carbonyl (C=O) groups excluding carboxylic acids is 3. The fraction of sp³-hybridized carbons (Fsp3) is 0.485. The fourth-order valence-electron chi connectivity index (χ4n) is 5.60. The van der Waals surface area contributed by atoms with E-state index in [4.69, 9.17) is 10.5 Å². The summed E-state index contributed by atoms with van der Waals surface area (Å²) in [6, 6.07) is 10.9. The normalized spacial score (nSPS) is 17.8. The van der Waals surface area contributed by atoms with Gasteiger partial charge in [0.15, 0.2) is 5.82 Å². The summed E-state index contributed by atoms with van der Waals surface area (Å²) in [5.41, 5.74) is 5.97. The highest BCUT2D eigenvalue weighted by molar-refractivity contribution is 9.10. The van der Waals surface area contributed by atoms with Crippen LogP contribution in [0.1, 0.15) is 57.8 Å². The molecule has 4 rings (SSSR count). The topological polar surface area (TPSA) is 143 Å². The Balaban J connectivity index is 1.59. The summed E-state index contributed by atoms with van der Waals surface area (Å²) in [7, 11) is 0. The van der Waals surface area contributed by atoms with Crippen LogP contribution in [0.15, 0.2) is 53.0 Å². The molecule has 1 aliphatic carbocycles. The predicted molar refractivity (Wildman–Crippen MR) is 175 cm³/mol. The van der Waals surface area contributed by atoms with Crippen molar-refractivity contribution in [3.05, 3.63) is 64.4 Å². The second kappa shape index (κ2) is 15.2. The maximum atomic E-state index is 14.2. The molecule has 1 atom stereocenters. The predicted octanol–water partition coefficient (Wildman–Crippen LogP) is 7.28. The van der Waals surface area contributed by atoms with Crippen LogP contribution in [0, 0.1) is 11.8 Å². The molecule has 0 unspecified atom stereocenters. The molecular weight excluding hydrogens is 757 g/mol. The third-order valence-electron chi connectivity index (χ3n) is 8.29. The molecule has 0 aliphatic heterocycles. The second-order valence-electron chi connectivity index (χ2n) is 13.3. The van der Waals surface area contributed by atoms with Crippen LogP contribution in [0.2, 0.25) is 0 Å². The van der Waals surface area contributed by atoms with E-state index in [-0.39, 0.29) is 23.6 Å². The molecule has 18 heteroatoms. The van der Waals surface area contributed by atoms with Crippen molar-refractivity contribution in [1.82, 2.24) is 20.5 Å². The van der Waals surface area contributed by atoms with Crippen LogP contribution in [0.4, 0.5) is 41.2 Å². The van der Waals surface area contributed by atoms with Crippen LogP contribution in [-0.2, 0) is 26.7 Å². The molecule has 0 saturated heterocycles. The highest BCUT2D eigenvalue weighted by atomic mass is 79.9. The van der Waals surface area contributed by atoms with Crippen LogP contribution in [-0.4, -0.2) is 63.4 Å². The van der Waals surface area contributed by atoms with Crippen LogP contribution < -0.4 is 16.0 Å². The summed E-state index contributed by atoms with van der Waals surface area (Å²) in [6.45, 7) is 5.58. The van der Waals surface area contributed by atoms with E-state index in [1.54, 1.807) is 45.0 Å². The summed E-state index contributed by atoms with van der Waals surface area (Å²) in [6.07, 6.45) is -5.08. The third kappa shape index (κ3) is 9.37. The number of primary amides is 1. The van der Waals surface area contributed by atoms with Crippen molar-refractivity contribution in [2.24, 2.45) is 17.6 Å². The molecule has 1 saturated carbocycles. The number of hydrogen-bond donors (Lipinski definition) is 3. The SMILES string of the molecule is CC(C)(C)OC(=O)NCC1CCC(C(=O)N(c2ccc(-c3n[nH]c(C(F)(F)C(F)(F)C(F)(F)F)n3)cc2)[C@@H](Cc2ccc(Br)cc2)C(N)=O)CC1. The van der Waals surface area contributed by atoms with Gasteiger partial charge in [0.1, 0.15) is 11.6 Å². The van der Waals surface area contributed by atoms with E-state index in [2.05, 4.69) is 31.3 Å². The van der Waals surface area contributed by atoms with Crippen molar-refractivity contribution >= 4 is 39.5 Å². The van der Waals surface area contributed by atoms with Gasteiger partial charge in [0.2, 0.25) is 17.6 Å². The summed E-state index contributed by atoms with van der Waals surface area (Å²) in [5.74, 6) is -16.5. The number of carbonyl (C=O) groups is 3. The number of amides is 3. The molecule has 51 heavy (non-hydrogen) atoms. The number of anilines is 1. The Bertz CT molecular complexity index is 1690. The molecule has 278 valence electrons. The van der Waals surface area contributed by atoms with Gasteiger partial charge in [-0.3, -0.25) is 19.6 Å². The number of hydrogen-bond acceptors (Lipinski definition) is 6. The third-order valence-corrected chi connectivity index (χ3v) is 8.82. The Morgan fingerprint density at radius 1 is 0.961 bits per heavy atom. The number of ether oxygens (including phenoxy) is 1. The number of alkyl halides is 7. The van der Waals surface area contributed by atoms with Crippen molar-refractivity contribution in [3.8, 4) is 11.4 Å². The lowest BCUT2D eigenvalue weighted by molar-refractivity contribution is -0.361. The van der Waals surface area contributed by atoms with Crippen molar-refractivity contribution in [2.75, 3.05) is 11.4 Å². The molecule has 2 aromatic carbocycles. The zero-order valence-corrected chi connectivity index (χ0v) is 29.3. The number of H-pyrrole nitrogens is 1. The van der Waals surface area contributed by atoms with E-state index in [9.17, 15) is 45.1 Å². The van der Waals surface area contributed by atoms with E-state index in [0.29, 0.717) is 37.8 Å². The number of benzene rings is 2. The van der Waals surface area contributed by atoms with Crippen LogP contribution >= 0.6 is 15.9 Å². The zero-order valence-electron chi connectivity index (χ0n) is 27.7. The maximum absolute atomic E-state index is 14.2. The van der Waals surface area contributed by atoms with Gasteiger partial charge in [-0.15, -0.1) is 0 Å². The molecule has 1 aromatic heterocycles. The van der Waals surface area contributed by atoms with Crippen LogP contribution in [0.3, 0.4) is 0 Å². The van der Waals surface area contributed by atoms with Gasteiger partial charge in [-0.25, -0.2) is 9.78 Å². The van der Waals surface area contributed by atoms with Gasteiger partial charge in [-0.05, 0) is 94.3 Å². The molecule has 3 aromatic rings. The minimum absolute atomic E-state index is 0.0258. The molecule has 0 spiro atoms. The van der Waals surface area contributed by atoms with Crippen molar-refractivity contribution in [3.63, 3.8) is 0 Å². The second-order valence-corrected chi connectivity index (χ2v) is 14.2. The van der Waals surface area contributed by atoms with Gasteiger partial charge in [0.25, 0.3) is 0 Å². The number of rotatable bonds is 11. The Hall–Kier alpha value is -4.22. The Morgan fingerprint density at radius 3 is 2.08 bits per heavy atom. The molecule has 10 nitrogen and oxygen atoms in total. The zero-order chi connectivity index (χ0) is 37.9. The van der Waals surface area contributed by atoms with E-state index in [0.717, 1.165) is 4.47 Å². The number of aromatic nitrogens is 3. The van der Waals surface area contributed by atoms with Crippen molar-refractivity contribution in [1.29, 1.82) is 0 Å². The summed E-state index contributed by atoms with van der Waals surface area (Å²) >= 11 is 3.35. The van der Waals surface area contributed by atoms with Crippen molar-refractivity contribution in [2.45, 2.75) is 82.5 Å². The van der Waals surface area contributed by atoms with Crippen LogP contribution in [0.25, 0.3) is 11.4 Å². The fourth-order valence-corrected chi connectivity index (χ4v) is 5.87. The first-order valence-electron chi connectivity index (χ1n) is 15.8. The summed E-state index contributed by atoms with van der Waals surface area (Å²) in [4.78, 5) is 43.7. The van der Waals surface area contributed by atoms with Gasteiger partial charge >= 0.3 is 24.1 Å². The van der Waals surface area contributed by atoms with Gasteiger partial charge in [-0.2, -0.15) is 35.8 Å². The van der Waals surface area contributed by atoms with Gasteiger partial charge in [0.05, 0.1) is 0 Å². The van der Waals surface area contributed by atoms with Crippen LogP contribution in [0.5, 0.6) is 0 Å². The first kappa shape index (κ1) is 39.6. The molecule has 3 amide bonds. The first-order chi connectivity index (χ1) is 23.6. The monoisotopic (exact) mass is 792 g/mol. The Labute approximate surface area is 296 Å². The Morgan fingerprint density at radius 2 is 1.55 bits per heavy atom.